The van der Waals surface area contributed by atoms with Gasteiger partial charge in [0.25, 0.3) is 0 Å². The summed E-state index contributed by atoms with van der Waals surface area (Å²) in [6, 6.07) is 7.39. The second kappa shape index (κ2) is 5.53. The molecule has 0 aliphatic heterocycles. The van der Waals surface area contributed by atoms with E-state index in [0.29, 0.717) is 19.6 Å². The molecule has 1 aliphatic carbocycles. The van der Waals surface area contributed by atoms with Gasteiger partial charge in [0.2, 0.25) is 0 Å². The van der Waals surface area contributed by atoms with Crippen molar-refractivity contribution in [2.24, 2.45) is 11.1 Å². The van der Waals surface area contributed by atoms with Crippen molar-refractivity contribution >= 4 is 5.78 Å². The molecule has 1 aromatic rings. The smallest absolute Gasteiger partial charge is 0.163 e. The number of carbonyl (C=O) groups is 1. The summed E-state index contributed by atoms with van der Waals surface area (Å²) >= 11 is 0. The fourth-order valence-electron chi connectivity index (χ4n) is 2.48. The van der Waals surface area contributed by atoms with E-state index in [0.717, 1.165) is 24.2 Å². The lowest BCUT2D eigenvalue weighted by Gasteiger charge is -2.40. The summed E-state index contributed by atoms with van der Waals surface area (Å²) in [5.74, 6) is 1.01. The molecule has 1 fully saturated rings. The largest absolute Gasteiger partial charge is 0.494 e. The van der Waals surface area contributed by atoms with E-state index in [1.807, 2.05) is 31.2 Å². The average molecular weight is 247 g/mol. The van der Waals surface area contributed by atoms with Crippen LogP contribution in [-0.2, 0) is 0 Å². The van der Waals surface area contributed by atoms with E-state index < -0.39 is 0 Å². The van der Waals surface area contributed by atoms with E-state index in [9.17, 15) is 4.79 Å². The van der Waals surface area contributed by atoms with Gasteiger partial charge in [-0.25, -0.2) is 0 Å². The van der Waals surface area contributed by atoms with Gasteiger partial charge < -0.3 is 10.5 Å². The maximum absolute atomic E-state index is 12.2. The van der Waals surface area contributed by atoms with Crippen LogP contribution in [0.2, 0.25) is 0 Å². The highest BCUT2D eigenvalue weighted by atomic mass is 16.5. The second-order valence-corrected chi connectivity index (χ2v) is 5.12. The molecule has 2 N–H and O–H groups in total. The molecule has 0 spiro atoms. The maximum atomic E-state index is 12.2. The third-order valence-electron chi connectivity index (χ3n) is 3.87. The highest BCUT2D eigenvalue weighted by Crippen LogP contribution is 2.43. The topological polar surface area (TPSA) is 52.3 Å². The zero-order valence-corrected chi connectivity index (χ0v) is 10.9. The standard InChI is InChI=1S/C15H21NO2/c1-2-18-13-6-4-12(5-7-13)14(17)10-15(11-16)8-3-9-15/h4-7H,2-3,8-11,16H2,1H3. The summed E-state index contributed by atoms with van der Waals surface area (Å²) in [5.41, 5.74) is 6.63. The van der Waals surface area contributed by atoms with Crippen molar-refractivity contribution in [3.05, 3.63) is 29.8 Å². The van der Waals surface area contributed by atoms with Crippen LogP contribution in [0, 0.1) is 5.41 Å². The Morgan fingerprint density at radius 3 is 2.44 bits per heavy atom. The van der Waals surface area contributed by atoms with Crippen LogP contribution in [0.1, 0.15) is 43.0 Å². The molecule has 0 saturated heterocycles. The molecule has 3 heteroatoms. The number of ether oxygens (including phenoxy) is 1. The van der Waals surface area contributed by atoms with E-state index in [2.05, 4.69) is 0 Å². The molecular formula is C15H21NO2. The fourth-order valence-corrected chi connectivity index (χ4v) is 2.48. The zero-order valence-electron chi connectivity index (χ0n) is 10.9. The molecule has 0 heterocycles. The van der Waals surface area contributed by atoms with Crippen molar-refractivity contribution in [1.82, 2.24) is 0 Å². The Morgan fingerprint density at radius 2 is 2.00 bits per heavy atom. The lowest BCUT2D eigenvalue weighted by Crippen LogP contribution is -2.39. The molecule has 0 radical (unpaired) electrons. The lowest BCUT2D eigenvalue weighted by atomic mass is 9.65. The van der Waals surface area contributed by atoms with E-state index >= 15 is 0 Å². The van der Waals surface area contributed by atoms with Crippen molar-refractivity contribution in [3.63, 3.8) is 0 Å². The Kier molecular flexibility index (Phi) is 4.02. The van der Waals surface area contributed by atoms with Crippen molar-refractivity contribution < 1.29 is 9.53 Å². The summed E-state index contributed by atoms with van der Waals surface area (Å²) in [5, 5.41) is 0. The third kappa shape index (κ3) is 2.72. The van der Waals surface area contributed by atoms with Crippen LogP contribution in [0.25, 0.3) is 0 Å². The van der Waals surface area contributed by atoms with Crippen LogP contribution in [-0.4, -0.2) is 18.9 Å². The Bertz CT molecular complexity index is 401. The summed E-state index contributed by atoms with van der Waals surface area (Å²) in [7, 11) is 0. The van der Waals surface area contributed by atoms with Crippen molar-refractivity contribution in [2.75, 3.05) is 13.2 Å². The number of Topliss-reactive ketones (excluding diaryl/α,β-unsaturated/α-hetero) is 1. The first-order valence-electron chi connectivity index (χ1n) is 6.65. The first-order valence-corrected chi connectivity index (χ1v) is 6.65. The molecule has 1 aromatic carbocycles. The first kappa shape index (κ1) is 13.1. The van der Waals surface area contributed by atoms with Crippen LogP contribution in [0.4, 0.5) is 0 Å². The Labute approximate surface area is 108 Å². The third-order valence-corrected chi connectivity index (χ3v) is 3.87. The van der Waals surface area contributed by atoms with Gasteiger partial charge >= 0.3 is 0 Å². The number of hydrogen-bond acceptors (Lipinski definition) is 3. The highest BCUT2D eigenvalue weighted by Gasteiger charge is 2.37. The molecule has 0 bridgehead atoms. The SMILES string of the molecule is CCOc1ccc(C(=O)CC2(CN)CCC2)cc1. The van der Waals surface area contributed by atoms with E-state index in [4.69, 9.17) is 10.5 Å². The Morgan fingerprint density at radius 1 is 1.33 bits per heavy atom. The van der Waals surface area contributed by atoms with Gasteiger partial charge in [-0.3, -0.25) is 4.79 Å². The van der Waals surface area contributed by atoms with Crippen molar-refractivity contribution in [3.8, 4) is 5.75 Å². The van der Waals surface area contributed by atoms with E-state index in [-0.39, 0.29) is 11.2 Å². The van der Waals surface area contributed by atoms with E-state index in [1.54, 1.807) is 0 Å². The fraction of sp³-hybridized carbons (Fsp3) is 0.533. The van der Waals surface area contributed by atoms with Gasteiger partial charge in [0.15, 0.2) is 5.78 Å². The van der Waals surface area contributed by atoms with Crippen LogP contribution >= 0.6 is 0 Å². The predicted octanol–water partition coefficient (Wildman–Crippen LogP) is 2.79. The van der Waals surface area contributed by atoms with Gasteiger partial charge in [0.05, 0.1) is 6.61 Å². The monoisotopic (exact) mass is 247 g/mol. The molecule has 1 aliphatic rings. The molecule has 0 amide bonds. The summed E-state index contributed by atoms with van der Waals surface area (Å²) in [4.78, 5) is 12.2. The minimum absolute atomic E-state index is 0.0790. The average Bonchev–Trinajstić information content (AvgIpc) is 2.35. The maximum Gasteiger partial charge on any atom is 0.163 e. The lowest BCUT2D eigenvalue weighted by molar-refractivity contribution is 0.0786. The van der Waals surface area contributed by atoms with Gasteiger partial charge in [0, 0.05) is 12.0 Å². The van der Waals surface area contributed by atoms with Gasteiger partial charge in [0.1, 0.15) is 5.75 Å². The van der Waals surface area contributed by atoms with Crippen molar-refractivity contribution in [2.45, 2.75) is 32.6 Å². The Hall–Kier alpha value is -1.35. The molecule has 0 unspecified atom stereocenters. The molecule has 0 atom stereocenters. The van der Waals surface area contributed by atoms with Gasteiger partial charge in [-0.1, -0.05) is 6.42 Å². The van der Waals surface area contributed by atoms with Crippen LogP contribution in [0.3, 0.4) is 0 Å². The number of carbonyl (C=O) groups excluding carboxylic acids is 1. The molecular weight excluding hydrogens is 226 g/mol. The predicted molar refractivity (Wildman–Crippen MR) is 71.9 cm³/mol. The summed E-state index contributed by atoms with van der Waals surface area (Å²) < 4.78 is 5.36. The highest BCUT2D eigenvalue weighted by molar-refractivity contribution is 5.96. The van der Waals surface area contributed by atoms with Gasteiger partial charge in [-0.2, -0.15) is 0 Å². The number of hydrogen-bond donors (Lipinski definition) is 1. The van der Waals surface area contributed by atoms with Crippen LogP contribution in [0.15, 0.2) is 24.3 Å². The number of nitrogens with two attached hydrogens (primary N) is 1. The van der Waals surface area contributed by atoms with E-state index in [1.165, 1.54) is 6.42 Å². The number of benzene rings is 1. The molecule has 1 saturated carbocycles. The summed E-state index contributed by atoms with van der Waals surface area (Å²) in [6.07, 6.45) is 3.96. The normalized spacial score (nSPS) is 17.0. The van der Waals surface area contributed by atoms with Crippen molar-refractivity contribution in [1.29, 1.82) is 0 Å². The zero-order chi connectivity index (χ0) is 13.0. The number of ketones is 1. The van der Waals surface area contributed by atoms with Gasteiger partial charge in [-0.05, 0) is 56.0 Å². The minimum Gasteiger partial charge on any atom is -0.494 e. The molecule has 0 aromatic heterocycles. The van der Waals surface area contributed by atoms with Gasteiger partial charge in [-0.15, -0.1) is 0 Å². The van der Waals surface area contributed by atoms with Crippen LogP contribution < -0.4 is 10.5 Å². The Balaban J connectivity index is 2.00. The molecule has 3 nitrogen and oxygen atoms in total. The second-order valence-electron chi connectivity index (χ2n) is 5.12. The van der Waals surface area contributed by atoms with Crippen LogP contribution in [0.5, 0.6) is 5.75 Å². The molecule has 98 valence electrons. The quantitative estimate of drug-likeness (QED) is 0.786. The molecule has 18 heavy (non-hydrogen) atoms. The first-order chi connectivity index (χ1) is 8.69. The molecule has 2 rings (SSSR count). The minimum atomic E-state index is 0.0790. The number of rotatable bonds is 6. The summed E-state index contributed by atoms with van der Waals surface area (Å²) in [6.45, 7) is 3.21.